The zero-order valence-electron chi connectivity index (χ0n) is 17.7. The van der Waals surface area contributed by atoms with Crippen LogP contribution in [-0.2, 0) is 22.0 Å². The second kappa shape index (κ2) is 8.36. The largest absolute Gasteiger partial charge is 0.381 e. The average molecular weight is 436 g/mol. The van der Waals surface area contributed by atoms with Gasteiger partial charge in [-0.15, -0.1) is 0 Å². The van der Waals surface area contributed by atoms with Crippen molar-refractivity contribution in [1.82, 2.24) is 24.5 Å². The Hall–Kier alpha value is -2.84. The highest BCUT2D eigenvalue weighted by atomic mass is 32.2. The molecule has 0 radical (unpaired) electrons. The highest BCUT2D eigenvalue weighted by molar-refractivity contribution is 7.84. The summed E-state index contributed by atoms with van der Waals surface area (Å²) in [7, 11) is -1.01. The van der Waals surface area contributed by atoms with Crippen LogP contribution in [0.5, 0.6) is 0 Å². The predicted octanol–water partition coefficient (Wildman–Crippen LogP) is 3.94. The summed E-state index contributed by atoms with van der Waals surface area (Å²) >= 11 is 0. The molecule has 1 saturated heterocycles. The lowest BCUT2D eigenvalue weighted by Crippen LogP contribution is -2.21. The van der Waals surface area contributed by atoms with Crippen molar-refractivity contribution in [1.29, 1.82) is 0 Å². The quantitative estimate of drug-likeness (QED) is 0.475. The maximum Gasteiger partial charge on any atom is 0.159 e. The molecule has 0 amide bonds. The highest BCUT2D eigenvalue weighted by Gasteiger charge is 2.22. The first kappa shape index (κ1) is 20.1. The number of nitrogens with zero attached hydrogens (tertiary/aromatic N) is 5. The van der Waals surface area contributed by atoms with Crippen LogP contribution in [0.2, 0.25) is 0 Å². The Morgan fingerprint density at radius 1 is 1.10 bits per heavy atom. The fraction of sp³-hybridized carbons (Fsp3) is 0.348. The Morgan fingerprint density at radius 3 is 2.58 bits per heavy atom. The third-order valence-electron chi connectivity index (χ3n) is 5.82. The number of hydrogen-bond donors (Lipinski definition) is 0. The fourth-order valence-corrected chi connectivity index (χ4v) is 4.67. The van der Waals surface area contributed by atoms with E-state index in [-0.39, 0.29) is 0 Å². The summed E-state index contributed by atoms with van der Waals surface area (Å²) in [6, 6.07) is 14.1. The fourth-order valence-electron chi connectivity index (χ4n) is 4.15. The minimum Gasteiger partial charge on any atom is -0.381 e. The van der Waals surface area contributed by atoms with E-state index < -0.39 is 10.8 Å². The number of fused-ring (bicyclic) bond motifs is 1. The molecule has 1 fully saturated rings. The molecule has 0 saturated carbocycles. The van der Waals surface area contributed by atoms with Crippen LogP contribution in [0.4, 0.5) is 0 Å². The summed E-state index contributed by atoms with van der Waals surface area (Å²) in [4.78, 5) is 5.84. The van der Waals surface area contributed by atoms with E-state index in [0.717, 1.165) is 71.2 Å². The molecule has 4 heterocycles. The number of aromatic nitrogens is 5. The van der Waals surface area contributed by atoms with Crippen molar-refractivity contribution in [2.75, 3.05) is 19.5 Å². The van der Waals surface area contributed by atoms with Crippen LogP contribution >= 0.6 is 0 Å². The Labute approximate surface area is 183 Å². The van der Waals surface area contributed by atoms with Crippen LogP contribution in [0.1, 0.15) is 31.5 Å². The van der Waals surface area contributed by atoms with Crippen LogP contribution in [-0.4, -0.2) is 48.2 Å². The van der Waals surface area contributed by atoms with Crippen molar-refractivity contribution >= 4 is 21.8 Å². The Morgan fingerprint density at radius 2 is 1.87 bits per heavy atom. The van der Waals surface area contributed by atoms with Crippen LogP contribution in [0, 0.1) is 0 Å². The lowest BCUT2D eigenvalue weighted by Gasteiger charge is -2.22. The van der Waals surface area contributed by atoms with Crippen molar-refractivity contribution < 1.29 is 8.95 Å². The van der Waals surface area contributed by atoms with Gasteiger partial charge in [0.1, 0.15) is 0 Å². The van der Waals surface area contributed by atoms with Crippen molar-refractivity contribution in [3.63, 3.8) is 0 Å². The number of hydrogen-bond acceptors (Lipinski definition) is 5. The van der Waals surface area contributed by atoms with Crippen LogP contribution < -0.4 is 0 Å². The molecule has 4 aromatic rings. The number of ether oxygens (including phenoxy) is 1. The number of aryl methyl sites for hydroxylation is 1. The minimum absolute atomic E-state index is 0.312. The van der Waals surface area contributed by atoms with Crippen molar-refractivity contribution in [2.45, 2.75) is 37.1 Å². The van der Waals surface area contributed by atoms with Gasteiger partial charge in [-0.1, -0.05) is 6.92 Å². The van der Waals surface area contributed by atoms with E-state index in [2.05, 4.69) is 22.8 Å². The van der Waals surface area contributed by atoms with E-state index in [1.54, 1.807) is 12.5 Å². The summed E-state index contributed by atoms with van der Waals surface area (Å²) in [6.45, 7) is 3.66. The molecule has 8 heteroatoms. The summed E-state index contributed by atoms with van der Waals surface area (Å²) in [5, 5.41) is 10.5. The van der Waals surface area contributed by atoms with Crippen molar-refractivity contribution in [2.24, 2.45) is 0 Å². The first-order valence-electron chi connectivity index (χ1n) is 10.6. The van der Waals surface area contributed by atoms with Gasteiger partial charge in [0, 0.05) is 40.6 Å². The number of pyridine rings is 1. The maximum atomic E-state index is 11.7. The van der Waals surface area contributed by atoms with Gasteiger partial charge < -0.3 is 4.74 Å². The summed E-state index contributed by atoms with van der Waals surface area (Å²) in [5.41, 5.74) is 4.67. The van der Waals surface area contributed by atoms with Gasteiger partial charge in [-0.25, -0.2) is 14.3 Å². The third-order valence-corrected chi connectivity index (χ3v) is 6.76. The van der Waals surface area contributed by atoms with Crippen LogP contribution in [0.15, 0.2) is 53.6 Å². The first-order chi connectivity index (χ1) is 15.2. The van der Waals surface area contributed by atoms with Gasteiger partial charge in [0.2, 0.25) is 0 Å². The molecule has 0 N–H and O–H groups in total. The number of rotatable bonds is 5. The topological polar surface area (TPSA) is 74.8 Å². The molecular formula is C23H25N5O2S. The number of benzene rings is 1. The van der Waals surface area contributed by atoms with Gasteiger partial charge in [-0.3, -0.25) is 4.21 Å². The average Bonchev–Trinajstić information content (AvgIpc) is 3.44. The predicted molar refractivity (Wildman–Crippen MR) is 121 cm³/mol. The molecular weight excluding hydrogens is 410 g/mol. The van der Waals surface area contributed by atoms with Crippen LogP contribution in [0.25, 0.3) is 28.1 Å². The van der Waals surface area contributed by atoms with Gasteiger partial charge in [-0.05, 0) is 61.7 Å². The van der Waals surface area contributed by atoms with E-state index in [4.69, 9.17) is 14.8 Å². The molecule has 5 rings (SSSR count). The third kappa shape index (κ3) is 3.70. The highest BCUT2D eigenvalue weighted by Crippen LogP contribution is 2.29. The van der Waals surface area contributed by atoms with Crippen LogP contribution in [0.3, 0.4) is 0 Å². The Balaban J connectivity index is 1.58. The normalized spacial score (nSPS) is 16.1. The second-order valence-corrected chi connectivity index (χ2v) is 9.11. The Kier molecular flexibility index (Phi) is 5.41. The lowest BCUT2D eigenvalue weighted by molar-refractivity contribution is 0.0672. The molecule has 1 unspecified atom stereocenters. The molecule has 160 valence electrons. The van der Waals surface area contributed by atoms with E-state index in [1.807, 2.05) is 41.1 Å². The molecule has 3 aromatic heterocycles. The van der Waals surface area contributed by atoms with Crippen molar-refractivity contribution in [3.8, 4) is 17.1 Å². The lowest BCUT2D eigenvalue weighted by atomic mass is 10.1. The molecule has 1 aliphatic rings. The first-order valence-corrected chi connectivity index (χ1v) is 12.2. The maximum absolute atomic E-state index is 11.7. The SMILES string of the molecule is CCc1nn(C2CCOCC2)c2nc(-c3ccnn3-c3ccc(S(C)=O)cc3)ccc12. The molecule has 0 bridgehead atoms. The summed E-state index contributed by atoms with van der Waals surface area (Å²) in [6.07, 6.45) is 6.24. The smallest absolute Gasteiger partial charge is 0.159 e. The zero-order chi connectivity index (χ0) is 21.4. The van der Waals surface area contributed by atoms with Crippen molar-refractivity contribution in [3.05, 3.63) is 54.4 Å². The second-order valence-electron chi connectivity index (χ2n) is 7.73. The summed E-state index contributed by atoms with van der Waals surface area (Å²) < 4.78 is 21.2. The standard InChI is InChI=1S/C23H25N5O2S/c1-3-20-19-8-9-21(25-23(19)28(26-20)17-11-14-30-15-12-17)22-10-13-24-27(22)16-4-6-18(7-5-16)31(2)29/h4-10,13,17H,3,11-12,14-15H2,1-2H3. The van der Waals surface area contributed by atoms with Gasteiger partial charge >= 0.3 is 0 Å². The Bertz CT molecular complexity index is 1240. The van der Waals surface area contributed by atoms with Gasteiger partial charge in [0.25, 0.3) is 0 Å². The van der Waals surface area contributed by atoms with E-state index in [9.17, 15) is 4.21 Å². The molecule has 31 heavy (non-hydrogen) atoms. The zero-order valence-corrected chi connectivity index (χ0v) is 18.5. The molecule has 7 nitrogen and oxygen atoms in total. The molecule has 1 atom stereocenters. The van der Waals surface area contributed by atoms with E-state index >= 15 is 0 Å². The minimum atomic E-state index is -1.01. The van der Waals surface area contributed by atoms with Gasteiger partial charge in [0.15, 0.2) is 5.65 Å². The van der Waals surface area contributed by atoms with Gasteiger partial charge in [0.05, 0.1) is 35.0 Å². The molecule has 1 aromatic carbocycles. The molecule has 1 aliphatic heterocycles. The molecule has 0 spiro atoms. The van der Waals surface area contributed by atoms with E-state index in [0.29, 0.717) is 6.04 Å². The summed E-state index contributed by atoms with van der Waals surface area (Å²) in [5.74, 6) is 0. The monoisotopic (exact) mass is 435 g/mol. The van der Waals surface area contributed by atoms with Gasteiger partial charge in [-0.2, -0.15) is 10.2 Å². The van der Waals surface area contributed by atoms with E-state index in [1.165, 1.54) is 0 Å². The molecule has 0 aliphatic carbocycles.